The van der Waals surface area contributed by atoms with Crippen LogP contribution in [0, 0.1) is 6.92 Å². The third-order valence-electron chi connectivity index (χ3n) is 3.55. The molecule has 5 nitrogen and oxygen atoms in total. The highest BCUT2D eigenvalue weighted by molar-refractivity contribution is 6.06. The van der Waals surface area contributed by atoms with Crippen molar-refractivity contribution in [2.45, 2.75) is 13.8 Å². The van der Waals surface area contributed by atoms with Crippen molar-refractivity contribution in [1.82, 2.24) is 4.98 Å². The number of hydrogen-bond donors (Lipinski definition) is 3. The Labute approximate surface area is 133 Å². The number of aromatic amines is 1. The predicted molar refractivity (Wildman–Crippen MR) is 91.7 cm³/mol. The number of carbonyl (C=O) groups is 2. The number of aromatic nitrogens is 1. The molecular formula is C18H17N3O2. The van der Waals surface area contributed by atoms with Crippen LogP contribution in [-0.2, 0) is 4.79 Å². The van der Waals surface area contributed by atoms with E-state index in [1.807, 2.05) is 31.2 Å². The third kappa shape index (κ3) is 3.23. The van der Waals surface area contributed by atoms with Crippen LogP contribution in [0.5, 0.6) is 0 Å². The summed E-state index contributed by atoms with van der Waals surface area (Å²) in [6.45, 7) is 3.44. The van der Waals surface area contributed by atoms with E-state index >= 15 is 0 Å². The highest BCUT2D eigenvalue weighted by atomic mass is 16.2. The molecule has 1 aromatic heterocycles. The van der Waals surface area contributed by atoms with Gasteiger partial charge < -0.3 is 15.6 Å². The molecule has 0 fully saturated rings. The number of H-pyrrole nitrogens is 1. The lowest BCUT2D eigenvalue weighted by molar-refractivity contribution is -0.114. The molecule has 5 heteroatoms. The molecule has 1 heterocycles. The molecule has 3 N–H and O–H groups in total. The van der Waals surface area contributed by atoms with Crippen LogP contribution in [-0.4, -0.2) is 16.8 Å². The SMILES string of the molecule is CC(=O)Nc1cccc(NC(=O)c2cc3cccc(C)c3[nH]2)c1. The van der Waals surface area contributed by atoms with Crippen LogP contribution in [0.3, 0.4) is 0 Å². The zero-order valence-electron chi connectivity index (χ0n) is 12.9. The van der Waals surface area contributed by atoms with Crippen molar-refractivity contribution < 1.29 is 9.59 Å². The first kappa shape index (κ1) is 14.8. The molecule has 0 saturated carbocycles. The maximum absolute atomic E-state index is 12.4. The molecule has 0 aliphatic rings. The maximum atomic E-state index is 12.4. The van der Waals surface area contributed by atoms with Crippen molar-refractivity contribution in [2.75, 3.05) is 10.6 Å². The van der Waals surface area contributed by atoms with Crippen molar-refractivity contribution in [1.29, 1.82) is 0 Å². The number of para-hydroxylation sites is 1. The summed E-state index contributed by atoms with van der Waals surface area (Å²) in [5.41, 5.74) is 3.82. The lowest BCUT2D eigenvalue weighted by Gasteiger charge is -2.07. The van der Waals surface area contributed by atoms with Gasteiger partial charge in [-0.1, -0.05) is 24.3 Å². The largest absolute Gasteiger partial charge is 0.350 e. The van der Waals surface area contributed by atoms with E-state index in [-0.39, 0.29) is 11.8 Å². The molecule has 0 spiro atoms. The van der Waals surface area contributed by atoms with Crippen LogP contribution in [0.2, 0.25) is 0 Å². The van der Waals surface area contributed by atoms with E-state index in [1.54, 1.807) is 24.3 Å². The van der Waals surface area contributed by atoms with Crippen LogP contribution in [0.1, 0.15) is 23.0 Å². The number of amides is 2. The summed E-state index contributed by atoms with van der Waals surface area (Å²) in [5, 5.41) is 6.52. The first-order valence-corrected chi connectivity index (χ1v) is 7.30. The van der Waals surface area contributed by atoms with Crippen molar-refractivity contribution >= 4 is 34.1 Å². The molecule has 0 atom stereocenters. The Kier molecular flexibility index (Phi) is 3.85. The summed E-state index contributed by atoms with van der Waals surface area (Å²) >= 11 is 0. The van der Waals surface area contributed by atoms with Crippen molar-refractivity contribution in [3.8, 4) is 0 Å². The van der Waals surface area contributed by atoms with Crippen LogP contribution in [0.25, 0.3) is 10.9 Å². The third-order valence-corrected chi connectivity index (χ3v) is 3.55. The van der Waals surface area contributed by atoms with Gasteiger partial charge >= 0.3 is 0 Å². The molecule has 0 saturated heterocycles. The monoisotopic (exact) mass is 307 g/mol. The van der Waals surface area contributed by atoms with Crippen LogP contribution < -0.4 is 10.6 Å². The minimum Gasteiger partial charge on any atom is -0.350 e. The fraction of sp³-hybridized carbons (Fsp3) is 0.111. The Balaban J connectivity index is 1.83. The van der Waals surface area contributed by atoms with Crippen LogP contribution in [0.15, 0.2) is 48.5 Å². The smallest absolute Gasteiger partial charge is 0.272 e. The number of benzene rings is 2. The zero-order chi connectivity index (χ0) is 16.4. The van der Waals surface area contributed by atoms with Gasteiger partial charge in [-0.2, -0.15) is 0 Å². The van der Waals surface area contributed by atoms with Gasteiger partial charge in [-0.15, -0.1) is 0 Å². The van der Waals surface area contributed by atoms with Gasteiger partial charge in [0.15, 0.2) is 0 Å². The Morgan fingerprint density at radius 2 is 1.65 bits per heavy atom. The summed E-state index contributed by atoms with van der Waals surface area (Å²) < 4.78 is 0. The van der Waals surface area contributed by atoms with Crippen molar-refractivity contribution in [3.05, 3.63) is 59.8 Å². The summed E-state index contributed by atoms with van der Waals surface area (Å²) in [6, 6.07) is 14.8. The van der Waals surface area contributed by atoms with Gasteiger partial charge in [-0.3, -0.25) is 9.59 Å². The second kappa shape index (κ2) is 5.96. The number of carbonyl (C=O) groups excluding carboxylic acids is 2. The molecule has 0 bridgehead atoms. The Morgan fingerprint density at radius 1 is 0.957 bits per heavy atom. The van der Waals surface area contributed by atoms with Gasteiger partial charge in [-0.05, 0) is 36.8 Å². The summed E-state index contributed by atoms with van der Waals surface area (Å²) in [7, 11) is 0. The van der Waals surface area contributed by atoms with E-state index < -0.39 is 0 Å². The van der Waals surface area contributed by atoms with E-state index in [0.29, 0.717) is 17.1 Å². The second-order valence-electron chi connectivity index (χ2n) is 5.44. The molecule has 23 heavy (non-hydrogen) atoms. The highest BCUT2D eigenvalue weighted by Gasteiger charge is 2.11. The topological polar surface area (TPSA) is 74.0 Å². The lowest BCUT2D eigenvalue weighted by atomic mass is 10.2. The number of aryl methyl sites for hydroxylation is 1. The number of anilines is 2. The highest BCUT2D eigenvalue weighted by Crippen LogP contribution is 2.20. The normalized spacial score (nSPS) is 10.5. The molecule has 2 amide bonds. The van der Waals surface area contributed by atoms with Gasteiger partial charge in [0.25, 0.3) is 5.91 Å². The summed E-state index contributed by atoms with van der Waals surface area (Å²) in [4.78, 5) is 26.6. The first-order chi connectivity index (χ1) is 11.0. The van der Waals surface area contributed by atoms with Gasteiger partial charge in [0.05, 0.1) is 0 Å². The Hall–Kier alpha value is -3.08. The minimum atomic E-state index is -0.222. The van der Waals surface area contributed by atoms with Gasteiger partial charge in [-0.25, -0.2) is 0 Å². The average Bonchev–Trinajstić information content (AvgIpc) is 2.92. The molecule has 0 unspecified atom stereocenters. The number of hydrogen-bond acceptors (Lipinski definition) is 2. The predicted octanol–water partition coefficient (Wildman–Crippen LogP) is 3.69. The van der Waals surface area contributed by atoms with Crippen LogP contribution >= 0.6 is 0 Å². The van der Waals surface area contributed by atoms with Crippen molar-refractivity contribution in [3.63, 3.8) is 0 Å². The second-order valence-corrected chi connectivity index (χ2v) is 5.44. The number of fused-ring (bicyclic) bond motifs is 1. The molecule has 2 aromatic carbocycles. The molecule has 0 aliphatic heterocycles. The van der Waals surface area contributed by atoms with Gasteiger partial charge in [0, 0.05) is 29.2 Å². The Bertz CT molecular complexity index is 896. The Morgan fingerprint density at radius 3 is 2.35 bits per heavy atom. The number of rotatable bonds is 3. The molecule has 0 radical (unpaired) electrons. The molecular weight excluding hydrogens is 290 g/mol. The van der Waals surface area contributed by atoms with E-state index in [1.165, 1.54) is 6.92 Å². The fourth-order valence-electron chi connectivity index (χ4n) is 2.51. The van der Waals surface area contributed by atoms with E-state index in [9.17, 15) is 9.59 Å². The van der Waals surface area contributed by atoms with Crippen molar-refractivity contribution in [2.24, 2.45) is 0 Å². The van der Waals surface area contributed by atoms with Crippen LogP contribution in [0.4, 0.5) is 11.4 Å². The quantitative estimate of drug-likeness (QED) is 0.690. The average molecular weight is 307 g/mol. The molecule has 0 aliphatic carbocycles. The molecule has 3 rings (SSSR count). The lowest BCUT2D eigenvalue weighted by Crippen LogP contribution is -2.13. The first-order valence-electron chi connectivity index (χ1n) is 7.30. The van der Waals surface area contributed by atoms with E-state index in [2.05, 4.69) is 15.6 Å². The summed E-state index contributed by atoms with van der Waals surface area (Å²) in [6.07, 6.45) is 0. The minimum absolute atomic E-state index is 0.153. The summed E-state index contributed by atoms with van der Waals surface area (Å²) in [5.74, 6) is -0.375. The fourth-order valence-corrected chi connectivity index (χ4v) is 2.51. The molecule has 116 valence electrons. The van der Waals surface area contributed by atoms with Gasteiger partial charge in [0.1, 0.15) is 5.69 Å². The number of nitrogens with one attached hydrogen (secondary N) is 3. The van der Waals surface area contributed by atoms with Gasteiger partial charge in [0.2, 0.25) is 5.91 Å². The van der Waals surface area contributed by atoms with E-state index in [4.69, 9.17) is 0 Å². The van der Waals surface area contributed by atoms with E-state index in [0.717, 1.165) is 16.5 Å². The zero-order valence-corrected chi connectivity index (χ0v) is 12.9. The molecule has 3 aromatic rings. The standard InChI is InChI=1S/C18H17N3O2/c1-11-5-3-6-13-9-16(21-17(11)13)18(23)20-15-8-4-7-14(10-15)19-12(2)22/h3-10,21H,1-2H3,(H,19,22)(H,20,23). The maximum Gasteiger partial charge on any atom is 0.272 e.